The molecule has 3 nitrogen and oxygen atoms in total. The first-order valence-electron chi connectivity index (χ1n) is 7.45. The van der Waals surface area contributed by atoms with E-state index >= 15 is 0 Å². The maximum atomic E-state index is 12.3. The van der Waals surface area contributed by atoms with Gasteiger partial charge in [0.15, 0.2) is 0 Å². The Balaban J connectivity index is 0.00000176. The molecule has 1 aliphatic rings. The van der Waals surface area contributed by atoms with Crippen molar-refractivity contribution in [3.8, 4) is 0 Å². The Morgan fingerprint density at radius 3 is 2.59 bits per heavy atom. The van der Waals surface area contributed by atoms with E-state index in [1.807, 2.05) is 30.3 Å². The summed E-state index contributed by atoms with van der Waals surface area (Å²) < 4.78 is 0. The SMILES string of the molecule is CCc1ccccc1CNC(=O)c1ccc2c(c1)CNC2.Cl. The highest BCUT2D eigenvalue weighted by molar-refractivity contribution is 5.94. The number of nitrogens with one attached hydrogen (secondary N) is 2. The van der Waals surface area contributed by atoms with Gasteiger partial charge in [-0.3, -0.25) is 4.79 Å². The number of halogens is 1. The minimum Gasteiger partial charge on any atom is -0.348 e. The highest BCUT2D eigenvalue weighted by Gasteiger charge is 2.13. The lowest BCUT2D eigenvalue weighted by Gasteiger charge is -2.10. The summed E-state index contributed by atoms with van der Waals surface area (Å²) in [6.07, 6.45) is 0.983. The zero-order valence-electron chi connectivity index (χ0n) is 12.7. The van der Waals surface area contributed by atoms with E-state index in [0.29, 0.717) is 6.54 Å². The van der Waals surface area contributed by atoms with E-state index < -0.39 is 0 Å². The second kappa shape index (κ2) is 7.43. The molecule has 1 aliphatic heterocycles. The summed E-state index contributed by atoms with van der Waals surface area (Å²) in [4.78, 5) is 12.3. The van der Waals surface area contributed by atoms with Gasteiger partial charge in [0, 0.05) is 25.2 Å². The topological polar surface area (TPSA) is 41.1 Å². The molecule has 116 valence electrons. The van der Waals surface area contributed by atoms with Crippen molar-refractivity contribution in [1.82, 2.24) is 10.6 Å². The molecule has 2 aromatic rings. The molecule has 3 rings (SSSR count). The molecule has 2 N–H and O–H groups in total. The first-order chi connectivity index (χ1) is 10.3. The summed E-state index contributed by atoms with van der Waals surface area (Å²) in [6, 6.07) is 14.2. The zero-order chi connectivity index (χ0) is 14.7. The van der Waals surface area contributed by atoms with Crippen LogP contribution in [0.15, 0.2) is 42.5 Å². The number of fused-ring (bicyclic) bond motifs is 1. The van der Waals surface area contributed by atoms with Crippen molar-refractivity contribution in [2.24, 2.45) is 0 Å². The summed E-state index contributed by atoms with van der Waals surface area (Å²) in [5, 5.41) is 6.32. The monoisotopic (exact) mass is 316 g/mol. The van der Waals surface area contributed by atoms with Gasteiger partial charge in [-0.05, 0) is 40.8 Å². The molecule has 22 heavy (non-hydrogen) atoms. The fraction of sp³-hybridized carbons (Fsp3) is 0.278. The fourth-order valence-corrected chi connectivity index (χ4v) is 2.79. The highest BCUT2D eigenvalue weighted by atomic mass is 35.5. The van der Waals surface area contributed by atoms with Gasteiger partial charge in [-0.2, -0.15) is 0 Å². The second-order valence-corrected chi connectivity index (χ2v) is 5.39. The molecule has 0 bridgehead atoms. The van der Waals surface area contributed by atoms with Gasteiger partial charge in [0.2, 0.25) is 0 Å². The number of hydrogen-bond donors (Lipinski definition) is 2. The van der Waals surface area contributed by atoms with Crippen LogP contribution in [0.5, 0.6) is 0 Å². The smallest absolute Gasteiger partial charge is 0.251 e. The molecular formula is C18H21ClN2O. The summed E-state index contributed by atoms with van der Waals surface area (Å²) >= 11 is 0. The summed E-state index contributed by atoms with van der Waals surface area (Å²) in [5.41, 5.74) is 5.75. The van der Waals surface area contributed by atoms with Crippen molar-refractivity contribution in [3.63, 3.8) is 0 Å². The predicted octanol–water partition coefficient (Wildman–Crippen LogP) is 3.20. The number of benzene rings is 2. The summed E-state index contributed by atoms with van der Waals surface area (Å²) in [7, 11) is 0. The molecule has 4 heteroatoms. The Kier molecular flexibility index (Phi) is 5.58. The molecule has 1 heterocycles. The molecular weight excluding hydrogens is 296 g/mol. The van der Waals surface area contributed by atoms with Crippen molar-refractivity contribution in [2.75, 3.05) is 0 Å². The number of carbonyl (C=O) groups is 1. The molecule has 0 atom stereocenters. The van der Waals surface area contributed by atoms with Crippen LogP contribution in [0.4, 0.5) is 0 Å². The lowest BCUT2D eigenvalue weighted by Crippen LogP contribution is -2.23. The standard InChI is InChI=1S/C18H20N2O.ClH/c1-2-13-5-3-4-6-15(13)12-20-18(21)14-7-8-16-10-19-11-17(16)9-14;/h3-9,19H,2,10-12H2,1H3,(H,20,21);1H. The largest absolute Gasteiger partial charge is 0.348 e. The van der Waals surface area contributed by atoms with Crippen LogP contribution in [0.25, 0.3) is 0 Å². The van der Waals surface area contributed by atoms with Crippen LogP contribution in [0.1, 0.15) is 39.5 Å². The van der Waals surface area contributed by atoms with E-state index in [9.17, 15) is 4.79 Å². The third-order valence-electron chi connectivity index (χ3n) is 4.04. The number of hydrogen-bond acceptors (Lipinski definition) is 2. The molecule has 0 radical (unpaired) electrons. The van der Waals surface area contributed by atoms with Crippen LogP contribution in [-0.4, -0.2) is 5.91 Å². The van der Waals surface area contributed by atoms with Crippen molar-refractivity contribution >= 4 is 18.3 Å². The van der Waals surface area contributed by atoms with Gasteiger partial charge in [0.25, 0.3) is 5.91 Å². The average molecular weight is 317 g/mol. The van der Waals surface area contributed by atoms with E-state index in [1.54, 1.807) is 0 Å². The number of carbonyl (C=O) groups excluding carboxylic acids is 1. The van der Waals surface area contributed by atoms with Crippen LogP contribution in [0.2, 0.25) is 0 Å². The normalized spacial score (nSPS) is 12.4. The lowest BCUT2D eigenvalue weighted by molar-refractivity contribution is 0.0950. The molecule has 2 aromatic carbocycles. The molecule has 0 fully saturated rings. The van der Waals surface area contributed by atoms with Gasteiger partial charge in [-0.25, -0.2) is 0 Å². The molecule has 0 aromatic heterocycles. The quantitative estimate of drug-likeness (QED) is 0.909. The van der Waals surface area contributed by atoms with Crippen LogP contribution in [0, 0.1) is 0 Å². The zero-order valence-corrected chi connectivity index (χ0v) is 13.5. The molecule has 1 amide bonds. The number of aryl methyl sites for hydroxylation is 1. The van der Waals surface area contributed by atoms with Crippen molar-refractivity contribution in [3.05, 3.63) is 70.3 Å². The van der Waals surface area contributed by atoms with Crippen molar-refractivity contribution in [1.29, 1.82) is 0 Å². The number of rotatable bonds is 4. The maximum Gasteiger partial charge on any atom is 0.251 e. The molecule has 0 unspecified atom stereocenters. The van der Waals surface area contributed by atoms with Crippen LogP contribution in [-0.2, 0) is 26.1 Å². The second-order valence-electron chi connectivity index (χ2n) is 5.39. The van der Waals surface area contributed by atoms with Crippen LogP contribution >= 0.6 is 12.4 Å². The third-order valence-corrected chi connectivity index (χ3v) is 4.04. The van der Waals surface area contributed by atoms with Gasteiger partial charge in [0.1, 0.15) is 0 Å². The molecule has 0 saturated carbocycles. The minimum absolute atomic E-state index is 0. The van der Waals surface area contributed by atoms with Crippen molar-refractivity contribution < 1.29 is 4.79 Å². The first-order valence-corrected chi connectivity index (χ1v) is 7.45. The van der Waals surface area contributed by atoms with Gasteiger partial charge in [0.05, 0.1) is 0 Å². The van der Waals surface area contributed by atoms with Gasteiger partial charge < -0.3 is 10.6 Å². The lowest BCUT2D eigenvalue weighted by atomic mass is 10.0. The van der Waals surface area contributed by atoms with Gasteiger partial charge in [-0.1, -0.05) is 37.3 Å². The Morgan fingerprint density at radius 2 is 1.82 bits per heavy atom. The Bertz CT molecular complexity index is 670. The molecule has 0 saturated heterocycles. The van der Waals surface area contributed by atoms with E-state index in [4.69, 9.17) is 0 Å². The van der Waals surface area contributed by atoms with Crippen molar-refractivity contribution in [2.45, 2.75) is 33.0 Å². The van der Waals surface area contributed by atoms with Crippen LogP contribution < -0.4 is 10.6 Å². The third kappa shape index (κ3) is 3.49. The molecule has 0 aliphatic carbocycles. The van der Waals surface area contributed by atoms with Gasteiger partial charge in [-0.15, -0.1) is 12.4 Å². The van der Waals surface area contributed by atoms with E-state index in [1.165, 1.54) is 22.3 Å². The van der Waals surface area contributed by atoms with Gasteiger partial charge >= 0.3 is 0 Å². The maximum absolute atomic E-state index is 12.3. The minimum atomic E-state index is -0.00407. The Morgan fingerprint density at radius 1 is 1.09 bits per heavy atom. The predicted molar refractivity (Wildman–Crippen MR) is 91.2 cm³/mol. The first kappa shape index (κ1) is 16.5. The highest BCUT2D eigenvalue weighted by Crippen LogP contribution is 2.17. The Hall–Kier alpha value is -1.84. The fourth-order valence-electron chi connectivity index (χ4n) is 2.79. The summed E-state index contributed by atoms with van der Waals surface area (Å²) in [6.45, 7) is 4.47. The average Bonchev–Trinajstić information content (AvgIpc) is 3.00. The van der Waals surface area contributed by atoms with E-state index in [0.717, 1.165) is 25.1 Å². The molecule has 0 spiro atoms. The Labute approximate surface area is 137 Å². The van der Waals surface area contributed by atoms with E-state index in [2.05, 4.69) is 29.7 Å². The van der Waals surface area contributed by atoms with E-state index in [-0.39, 0.29) is 18.3 Å². The number of amides is 1. The summed E-state index contributed by atoms with van der Waals surface area (Å²) in [5.74, 6) is -0.00407. The van der Waals surface area contributed by atoms with Crippen LogP contribution in [0.3, 0.4) is 0 Å².